The number of hydrogen-bond acceptors (Lipinski definition) is 3. The summed E-state index contributed by atoms with van der Waals surface area (Å²) in [5.41, 5.74) is 2.53. The monoisotopic (exact) mass is 252 g/mol. The van der Waals surface area contributed by atoms with Crippen molar-refractivity contribution in [3.63, 3.8) is 0 Å². The minimum absolute atomic E-state index is 0. The maximum Gasteiger partial charge on any atom is 0.149 e. The molecule has 4 heteroatoms. The van der Waals surface area contributed by atoms with E-state index in [0.717, 1.165) is 19.5 Å². The second-order valence-corrected chi connectivity index (χ2v) is 4.72. The van der Waals surface area contributed by atoms with Crippen LogP contribution in [0.25, 0.3) is 0 Å². The van der Waals surface area contributed by atoms with Gasteiger partial charge in [0.15, 0.2) is 0 Å². The molecule has 0 aliphatic carbocycles. The van der Waals surface area contributed by atoms with Gasteiger partial charge in [-0.1, -0.05) is 35.5 Å². The Morgan fingerprint density at radius 1 is 1.29 bits per heavy atom. The fourth-order valence-corrected chi connectivity index (χ4v) is 2.56. The first-order valence-corrected chi connectivity index (χ1v) is 5.78. The third kappa shape index (κ3) is 2.45. The lowest BCUT2D eigenvalue weighted by Crippen LogP contribution is -2.22. The Labute approximate surface area is 108 Å². The Bertz CT molecular complexity index is 407. The van der Waals surface area contributed by atoms with Gasteiger partial charge in [-0.3, -0.25) is 0 Å². The molecule has 0 bridgehead atoms. The molecule has 0 aromatic heterocycles. The molecule has 2 aliphatic rings. The van der Waals surface area contributed by atoms with Crippen molar-refractivity contribution in [3.05, 3.63) is 35.9 Å². The predicted molar refractivity (Wildman–Crippen MR) is 70.7 cm³/mol. The van der Waals surface area contributed by atoms with E-state index in [1.54, 1.807) is 0 Å². The lowest BCUT2D eigenvalue weighted by atomic mass is 9.95. The molecule has 2 heterocycles. The Kier molecular flexibility index (Phi) is 3.69. The van der Waals surface area contributed by atoms with Gasteiger partial charge in [-0.05, 0) is 12.6 Å². The molecule has 1 aromatic rings. The summed E-state index contributed by atoms with van der Waals surface area (Å²) in [6.45, 7) is 2.09. The van der Waals surface area contributed by atoms with Gasteiger partial charge in [-0.25, -0.2) is 0 Å². The van der Waals surface area contributed by atoms with Gasteiger partial charge in [0.1, 0.15) is 6.10 Å². The Morgan fingerprint density at radius 3 is 2.82 bits per heavy atom. The van der Waals surface area contributed by atoms with E-state index >= 15 is 0 Å². The van der Waals surface area contributed by atoms with E-state index in [4.69, 9.17) is 4.84 Å². The van der Waals surface area contributed by atoms with E-state index in [0.29, 0.717) is 12.0 Å². The quantitative estimate of drug-likeness (QED) is 0.804. The van der Waals surface area contributed by atoms with Crippen molar-refractivity contribution >= 4 is 18.1 Å². The summed E-state index contributed by atoms with van der Waals surface area (Å²) in [6.07, 6.45) is 1.22. The second-order valence-electron chi connectivity index (χ2n) is 4.72. The Hall–Kier alpha value is -1.06. The van der Waals surface area contributed by atoms with Gasteiger partial charge in [0.2, 0.25) is 0 Å². The molecular formula is C13H17ClN2O. The first-order chi connectivity index (χ1) is 7.83. The van der Waals surface area contributed by atoms with Crippen LogP contribution in [0.5, 0.6) is 0 Å². The number of likely N-dealkylation sites (tertiary alicyclic amines) is 1. The normalized spacial score (nSPS) is 27.0. The number of fused-ring (bicyclic) bond motifs is 1. The van der Waals surface area contributed by atoms with Gasteiger partial charge < -0.3 is 9.74 Å². The number of rotatable bonds is 2. The van der Waals surface area contributed by atoms with Crippen LogP contribution in [-0.4, -0.2) is 36.9 Å². The summed E-state index contributed by atoms with van der Waals surface area (Å²) in [6, 6.07) is 10.5. The second kappa shape index (κ2) is 5.07. The first-order valence-electron chi connectivity index (χ1n) is 5.78. The first kappa shape index (κ1) is 12.4. The van der Waals surface area contributed by atoms with Crippen molar-refractivity contribution in [1.29, 1.82) is 0 Å². The smallest absolute Gasteiger partial charge is 0.149 e. The lowest BCUT2D eigenvalue weighted by molar-refractivity contribution is 0.0773. The molecule has 1 saturated heterocycles. The molecule has 0 spiro atoms. The van der Waals surface area contributed by atoms with Crippen molar-refractivity contribution in [2.45, 2.75) is 12.5 Å². The van der Waals surface area contributed by atoms with Gasteiger partial charge in [0.05, 0.1) is 11.6 Å². The fraction of sp³-hybridized carbons (Fsp3) is 0.462. The van der Waals surface area contributed by atoms with Crippen LogP contribution >= 0.6 is 12.4 Å². The van der Waals surface area contributed by atoms with Crippen LogP contribution in [0.15, 0.2) is 35.5 Å². The van der Waals surface area contributed by atoms with Crippen LogP contribution in [-0.2, 0) is 11.3 Å². The van der Waals surface area contributed by atoms with Crippen molar-refractivity contribution < 1.29 is 4.84 Å². The molecule has 0 saturated carbocycles. The number of hydrogen-bond donors (Lipinski definition) is 0. The number of oxime groups is 1. The summed E-state index contributed by atoms with van der Waals surface area (Å²) < 4.78 is 0. The summed E-state index contributed by atoms with van der Waals surface area (Å²) in [4.78, 5) is 7.79. The molecule has 1 aromatic carbocycles. The van der Waals surface area contributed by atoms with Crippen molar-refractivity contribution in [3.8, 4) is 0 Å². The zero-order chi connectivity index (χ0) is 11.0. The van der Waals surface area contributed by atoms with E-state index in [2.05, 4.69) is 41.4 Å². The summed E-state index contributed by atoms with van der Waals surface area (Å²) in [7, 11) is 2.14. The van der Waals surface area contributed by atoms with Crippen molar-refractivity contribution in [1.82, 2.24) is 4.90 Å². The lowest BCUT2D eigenvalue weighted by Gasteiger charge is -2.09. The number of nitrogens with zero attached hydrogens (tertiary/aromatic N) is 2. The third-order valence-electron chi connectivity index (χ3n) is 3.41. The van der Waals surface area contributed by atoms with E-state index < -0.39 is 0 Å². The van der Waals surface area contributed by atoms with E-state index in [-0.39, 0.29) is 12.4 Å². The molecule has 0 radical (unpaired) electrons. The Balaban J connectivity index is 0.00000108. The van der Waals surface area contributed by atoms with E-state index in [9.17, 15) is 0 Å². The van der Waals surface area contributed by atoms with Gasteiger partial charge in [0, 0.05) is 19.5 Å². The van der Waals surface area contributed by atoms with Crippen molar-refractivity contribution in [2.75, 3.05) is 20.1 Å². The van der Waals surface area contributed by atoms with Gasteiger partial charge >= 0.3 is 0 Å². The third-order valence-corrected chi connectivity index (χ3v) is 3.41. The highest BCUT2D eigenvalue weighted by atomic mass is 35.5. The molecule has 2 unspecified atom stereocenters. The summed E-state index contributed by atoms with van der Waals surface area (Å²) in [5.74, 6) is 0.505. The molecule has 0 N–H and O–H groups in total. The standard InChI is InChI=1S/C13H16N2O.ClH/c1-15-8-11-12(14-16-13(11)9-15)7-10-5-3-2-4-6-10;/h2-6,11,13H,7-9H2,1H3;1H. The Morgan fingerprint density at radius 2 is 2.06 bits per heavy atom. The van der Waals surface area contributed by atoms with E-state index in [1.807, 2.05) is 6.07 Å². The average molecular weight is 253 g/mol. The van der Waals surface area contributed by atoms with Crippen molar-refractivity contribution in [2.24, 2.45) is 11.1 Å². The van der Waals surface area contributed by atoms with Crippen LogP contribution in [0.4, 0.5) is 0 Å². The molecule has 2 aliphatic heterocycles. The van der Waals surface area contributed by atoms with Gasteiger partial charge in [0.25, 0.3) is 0 Å². The number of likely N-dealkylation sites (N-methyl/N-ethyl adjacent to an activating group) is 1. The minimum Gasteiger partial charge on any atom is -0.390 e. The SMILES string of the molecule is CN1CC2ON=C(Cc3ccccc3)C2C1.Cl. The van der Waals surface area contributed by atoms with Crippen LogP contribution < -0.4 is 0 Å². The molecule has 1 fully saturated rings. The molecule has 92 valence electrons. The number of halogens is 1. The van der Waals surface area contributed by atoms with Crippen LogP contribution in [0.2, 0.25) is 0 Å². The molecule has 0 amide bonds. The molecule has 2 atom stereocenters. The topological polar surface area (TPSA) is 24.8 Å². The van der Waals surface area contributed by atoms with Crippen LogP contribution in [0, 0.1) is 5.92 Å². The summed E-state index contributed by atoms with van der Waals surface area (Å²) in [5, 5.41) is 4.24. The highest BCUT2D eigenvalue weighted by Crippen LogP contribution is 2.27. The zero-order valence-corrected chi connectivity index (χ0v) is 10.7. The molecular weight excluding hydrogens is 236 g/mol. The van der Waals surface area contributed by atoms with Crippen LogP contribution in [0.3, 0.4) is 0 Å². The maximum atomic E-state index is 5.48. The maximum absolute atomic E-state index is 5.48. The number of benzene rings is 1. The zero-order valence-electron chi connectivity index (χ0n) is 9.87. The highest BCUT2D eigenvalue weighted by Gasteiger charge is 2.40. The van der Waals surface area contributed by atoms with Gasteiger partial charge in [-0.15, -0.1) is 12.4 Å². The summed E-state index contributed by atoms with van der Waals surface area (Å²) >= 11 is 0. The molecule has 3 nitrogen and oxygen atoms in total. The fourth-order valence-electron chi connectivity index (χ4n) is 2.56. The predicted octanol–water partition coefficient (Wildman–Crippen LogP) is 1.97. The highest BCUT2D eigenvalue weighted by molar-refractivity contribution is 5.90. The van der Waals surface area contributed by atoms with Crippen LogP contribution in [0.1, 0.15) is 5.56 Å². The van der Waals surface area contributed by atoms with E-state index in [1.165, 1.54) is 11.3 Å². The molecule has 3 rings (SSSR count). The average Bonchev–Trinajstić information content (AvgIpc) is 2.81. The molecule has 17 heavy (non-hydrogen) atoms. The minimum atomic E-state index is 0. The van der Waals surface area contributed by atoms with Gasteiger partial charge in [-0.2, -0.15) is 0 Å². The largest absolute Gasteiger partial charge is 0.390 e.